The van der Waals surface area contributed by atoms with E-state index in [1.165, 1.54) is 0 Å². The van der Waals surface area contributed by atoms with Crippen LogP contribution in [-0.4, -0.2) is 19.2 Å². The van der Waals surface area contributed by atoms with Crippen LogP contribution in [0.3, 0.4) is 0 Å². The summed E-state index contributed by atoms with van der Waals surface area (Å²) >= 11 is 0. The Labute approximate surface area is 66.6 Å². The highest BCUT2D eigenvalue weighted by Gasteiger charge is 2.13. The fourth-order valence-corrected chi connectivity index (χ4v) is 0.538. The van der Waals surface area contributed by atoms with Crippen molar-refractivity contribution in [2.75, 3.05) is 13.2 Å². The van der Waals surface area contributed by atoms with Gasteiger partial charge < -0.3 is 4.74 Å². The molecule has 0 rings (SSSR count). The van der Waals surface area contributed by atoms with Crippen LogP contribution >= 0.6 is 0 Å². The average Bonchev–Trinajstić information content (AvgIpc) is 2.00. The third-order valence-corrected chi connectivity index (χ3v) is 1.18. The number of hydrogen-bond donors (Lipinski definition) is 0. The van der Waals surface area contributed by atoms with Gasteiger partial charge in [0.2, 0.25) is 0 Å². The van der Waals surface area contributed by atoms with Crippen LogP contribution in [0.2, 0.25) is 0 Å². The highest BCUT2D eigenvalue weighted by Crippen LogP contribution is 1.98. The molecule has 1 N–H and O–H groups in total. The number of carbonyl (C=O) groups excluding carboxylic acids is 1. The summed E-state index contributed by atoms with van der Waals surface area (Å²) in [6, 6.07) is 0. The maximum atomic E-state index is 10.9. The highest BCUT2D eigenvalue weighted by molar-refractivity contribution is 5.72. The van der Waals surface area contributed by atoms with Crippen molar-refractivity contribution in [1.82, 2.24) is 5.90 Å². The molecule has 0 amide bonds. The number of esters is 1. The summed E-state index contributed by atoms with van der Waals surface area (Å²) in [6.45, 7) is 4.15. The van der Waals surface area contributed by atoms with Gasteiger partial charge in [-0.15, -0.1) is 5.90 Å². The number of ether oxygens (including phenoxy) is 1. The molecule has 0 spiro atoms. The van der Waals surface area contributed by atoms with Crippen molar-refractivity contribution in [3.05, 3.63) is 0 Å². The van der Waals surface area contributed by atoms with Gasteiger partial charge in [0.1, 0.15) is 0 Å². The van der Waals surface area contributed by atoms with Crippen molar-refractivity contribution < 1.29 is 14.4 Å². The first-order valence-corrected chi connectivity index (χ1v) is 3.67. The van der Waals surface area contributed by atoms with Gasteiger partial charge in [-0.1, -0.05) is 6.92 Å². The minimum absolute atomic E-state index is 0.0997. The smallest absolute Gasteiger partial charge is 0.311 e. The van der Waals surface area contributed by atoms with E-state index in [-0.39, 0.29) is 18.5 Å². The summed E-state index contributed by atoms with van der Waals surface area (Å²) in [7, 11) is 0. The molecular weight excluding hydrogens is 146 g/mol. The number of rotatable bonds is 5. The molecule has 0 bridgehead atoms. The standard InChI is InChI=1S/C7H14NO3/c1-3-4-10-7(9)6(2)5-11-8/h6,8H,3-5H2,1-2H3. The Balaban J connectivity index is 3.47. The first kappa shape index (κ1) is 10.4. The Hall–Kier alpha value is -0.610. The maximum Gasteiger partial charge on any atom is 0.311 e. The lowest BCUT2D eigenvalue weighted by Crippen LogP contribution is -2.19. The zero-order chi connectivity index (χ0) is 8.69. The number of hydrogen-bond acceptors (Lipinski definition) is 3. The summed E-state index contributed by atoms with van der Waals surface area (Å²) < 4.78 is 4.80. The van der Waals surface area contributed by atoms with E-state index in [4.69, 9.17) is 10.6 Å². The fourth-order valence-electron chi connectivity index (χ4n) is 0.538. The summed E-state index contributed by atoms with van der Waals surface area (Å²) in [5.74, 6) is 5.77. The van der Waals surface area contributed by atoms with Gasteiger partial charge in [0.15, 0.2) is 0 Å². The Morgan fingerprint density at radius 2 is 2.27 bits per heavy atom. The Morgan fingerprint density at radius 1 is 1.64 bits per heavy atom. The van der Waals surface area contributed by atoms with E-state index < -0.39 is 0 Å². The van der Waals surface area contributed by atoms with E-state index >= 15 is 0 Å². The van der Waals surface area contributed by atoms with E-state index in [0.29, 0.717) is 6.61 Å². The van der Waals surface area contributed by atoms with Gasteiger partial charge in [-0.05, 0) is 13.3 Å². The van der Waals surface area contributed by atoms with Gasteiger partial charge in [-0.25, -0.2) is 0 Å². The Kier molecular flexibility index (Phi) is 5.78. The van der Waals surface area contributed by atoms with Crippen LogP contribution in [-0.2, 0) is 14.4 Å². The van der Waals surface area contributed by atoms with Crippen LogP contribution in [0.25, 0.3) is 0 Å². The molecule has 1 unspecified atom stereocenters. The zero-order valence-electron chi connectivity index (χ0n) is 6.92. The molecule has 0 aromatic carbocycles. The first-order chi connectivity index (χ1) is 5.22. The van der Waals surface area contributed by atoms with Crippen LogP contribution in [0.5, 0.6) is 0 Å². The maximum absolute atomic E-state index is 10.9. The topological polar surface area (TPSA) is 59.3 Å². The molecular formula is C7H14NO3. The fraction of sp³-hybridized carbons (Fsp3) is 0.857. The second-order valence-corrected chi connectivity index (χ2v) is 2.38. The van der Waals surface area contributed by atoms with Crippen LogP contribution in [0.1, 0.15) is 20.3 Å². The summed E-state index contributed by atoms with van der Waals surface area (Å²) in [6.07, 6.45) is 0.820. The predicted molar refractivity (Wildman–Crippen MR) is 39.5 cm³/mol. The third-order valence-electron chi connectivity index (χ3n) is 1.18. The summed E-state index contributed by atoms with van der Waals surface area (Å²) in [5, 5.41) is 0. The highest BCUT2D eigenvalue weighted by atomic mass is 16.6. The Morgan fingerprint density at radius 3 is 2.73 bits per heavy atom. The third kappa shape index (κ3) is 4.75. The lowest BCUT2D eigenvalue weighted by molar-refractivity contribution is -0.150. The normalized spacial score (nSPS) is 12.6. The molecule has 0 saturated heterocycles. The molecule has 4 nitrogen and oxygen atoms in total. The van der Waals surface area contributed by atoms with Gasteiger partial charge >= 0.3 is 5.97 Å². The largest absolute Gasteiger partial charge is 0.465 e. The molecule has 0 aliphatic heterocycles. The number of carbonyl (C=O) groups is 1. The lowest BCUT2D eigenvalue weighted by Gasteiger charge is -2.08. The van der Waals surface area contributed by atoms with E-state index in [9.17, 15) is 4.79 Å². The second-order valence-electron chi connectivity index (χ2n) is 2.38. The van der Waals surface area contributed by atoms with Crippen molar-refractivity contribution in [3.8, 4) is 0 Å². The average molecular weight is 160 g/mol. The lowest BCUT2D eigenvalue weighted by atomic mass is 10.2. The predicted octanol–water partition coefficient (Wildman–Crippen LogP) is 0.790. The van der Waals surface area contributed by atoms with Gasteiger partial charge in [-0.2, -0.15) is 0 Å². The SMILES string of the molecule is CCCOC(=O)C(C)CO[NH]. The molecule has 0 saturated carbocycles. The van der Waals surface area contributed by atoms with Crippen molar-refractivity contribution >= 4 is 5.97 Å². The van der Waals surface area contributed by atoms with E-state index in [0.717, 1.165) is 6.42 Å². The van der Waals surface area contributed by atoms with E-state index in [1.807, 2.05) is 6.92 Å². The van der Waals surface area contributed by atoms with Gasteiger partial charge in [0.25, 0.3) is 0 Å². The van der Waals surface area contributed by atoms with Crippen LogP contribution in [0.15, 0.2) is 0 Å². The van der Waals surface area contributed by atoms with E-state index in [2.05, 4.69) is 4.84 Å². The monoisotopic (exact) mass is 160 g/mol. The van der Waals surface area contributed by atoms with Crippen LogP contribution in [0.4, 0.5) is 0 Å². The van der Waals surface area contributed by atoms with Crippen molar-refractivity contribution in [1.29, 1.82) is 0 Å². The molecule has 11 heavy (non-hydrogen) atoms. The van der Waals surface area contributed by atoms with Crippen LogP contribution in [0, 0.1) is 5.92 Å². The minimum Gasteiger partial charge on any atom is -0.465 e. The number of nitrogens with one attached hydrogen (secondary N) is 1. The quantitative estimate of drug-likeness (QED) is 0.441. The molecule has 4 heteroatoms. The minimum atomic E-state index is -0.334. The van der Waals surface area contributed by atoms with Gasteiger partial charge in [0.05, 0.1) is 19.1 Å². The Bertz CT molecular complexity index is 116. The van der Waals surface area contributed by atoms with Gasteiger partial charge in [-0.3, -0.25) is 9.63 Å². The van der Waals surface area contributed by atoms with Crippen LogP contribution < -0.4 is 5.90 Å². The first-order valence-electron chi connectivity index (χ1n) is 3.67. The molecule has 65 valence electrons. The zero-order valence-corrected chi connectivity index (χ0v) is 6.92. The van der Waals surface area contributed by atoms with Crippen molar-refractivity contribution in [3.63, 3.8) is 0 Å². The summed E-state index contributed by atoms with van der Waals surface area (Å²) in [4.78, 5) is 15.0. The molecule has 0 fully saturated rings. The molecule has 0 aromatic rings. The molecule has 0 aliphatic carbocycles. The molecule has 0 aliphatic rings. The second kappa shape index (κ2) is 6.12. The van der Waals surface area contributed by atoms with Gasteiger partial charge in [0, 0.05) is 0 Å². The molecule has 0 aromatic heterocycles. The summed E-state index contributed by atoms with van der Waals surface area (Å²) in [5.41, 5.74) is 0. The molecule has 1 atom stereocenters. The van der Waals surface area contributed by atoms with Crippen molar-refractivity contribution in [2.45, 2.75) is 20.3 Å². The molecule has 1 radical (unpaired) electrons. The molecule has 0 heterocycles. The van der Waals surface area contributed by atoms with Crippen molar-refractivity contribution in [2.24, 2.45) is 5.92 Å². The van der Waals surface area contributed by atoms with E-state index in [1.54, 1.807) is 6.92 Å².